The Morgan fingerprint density at radius 2 is 1.76 bits per heavy atom. The van der Waals surface area contributed by atoms with Crippen LogP contribution < -0.4 is 5.32 Å². The van der Waals surface area contributed by atoms with Gasteiger partial charge in [-0.25, -0.2) is 0 Å². The third kappa shape index (κ3) is 4.50. The van der Waals surface area contributed by atoms with Gasteiger partial charge in [-0.3, -0.25) is 0 Å². The lowest BCUT2D eigenvalue weighted by Crippen LogP contribution is -2.40. The van der Waals surface area contributed by atoms with Crippen LogP contribution in [-0.2, 0) is 6.42 Å². The lowest BCUT2D eigenvalue weighted by molar-refractivity contribution is 0.360. The minimum atomic E-state index is 0.481. The van der Waals surface area contributed by atoms with Crippen molar-refractivity contribution >= 4 is 11.8 Å². The summed E-state index contributed by atoms with van der Waals surface area (Å²) in [4.78, 5) is 0. The van der Waals surface area contributed by atoms with E-state index in [0.717, 1.165) is 19.4 Å². The van der Waals surface area contributed by atoms with Gasteiger partial charge in [-0.2, -0.15) is 11.8 Å². The predicted molar refractivity (Wildman–Crippen MR) is 96.2 cm³/mol. The molecule has 1 atom stereocenters. The second kappa shape index (κ2) is 8.24. The van der Waals surface area contributed by atoms with Crippen molar-refractivity contribution in [1.29, 1.82) is 0 Å². The van der Waals surface area contributed by atoms with Gasteiger partial charge in [0.25, 0.3) is 0 Å². The van der Waals surface area contributed by atoms with Crippen LogP contribution in [0, 0.1) is 0 Å². The van der Waals surface area contributed by atoms with E-state index in [9.17, 15) is 0 Å². The largest absolute Gasteiger partial charge is 0.309 e. The summed E-state index contributed by atoms with van der Waals surface area (Å²) in [7, 11) is 0. The fourth-order valence-electron chi connectivity index (χ4n) is 3.44. The second-order valence-corrected chi connectivity index (χ2v) is 7.66. The summed E-state index contributed by atoms with van der Waals surface area (Å²) in [5.74, 6) is 0. The molecule has 1 aromatic rings. The number of hydrogen-bond acceptors (Lipinski definition) is 2. The van der Waals surface area contributed by atoms with E-state index in [1.54, 1.807) is 0 Å². The second-order valence-electron chi connectivity index (χ2n) is 6.38. The summed E-state index contributed by atoms with van der Waals surface area (Å²) >= 11 is 2.08. The average molecular weight is 306 g/mol. The molecule has 0 aromatic heterocycles. The van der Waals surface area contributed by atoms with Crippen LogP contribution in [0.3, 0.4) is 0 Å². The van der Waals surface area contributed by atoms with Crippen LogP contribution in [0.4, 0.5) is 0 Å². The molecule has 0 bridgehead atoms. The van der Waals surface area contributed by atoms with Crippen LogP contribution >= 0.6 is 11.8 Å². The van der Waals surface area contributed by atoms with E-state index in [0.29, 0.717) is 10.8 Å². The molecule has 1 N–H and O–H groups in total. The molecule has 2 rings (SSSR count). The Morgan fingerprint density at radius 1 is 1.10 bits per heavy atom. The Morgan fingerprint density at radius 3 is 2.29 bits per heavy atom. The van der Waals surface area contributed by atoms with E-state index in [4.69, 9.17) is 0 Å². The molecular formula is C19H31NS. The highest BCUT2D eigenvalue weighted by atomic mass is 32.2. The summed E-state index contributed by atoms with van der Waals surface area (Å²) < 4.78 is 0.481. The molecule has 2 heteroatoms. The third-order valence-electron chi connectivity index (χ3n) is 5.07. The maximum atomic E-state index is 3.86. The Kier molecular flexibility index (Phi) is 6.63. The highest BCUT2D eigenvalue weighted by Gasteiger charge is 2.31. The van der Waals surface area contributed by atoms with Crippen LogP contribution in [0.15, 0.2) is 24.3 Å². The summed E-state index contributed by atoms with van der Waals surface area (Å²) in [6.45, 7) is 5.66. The zero-order valence-corrected chi connectivity index (χ0v) is 14.8. The van der Waals surface area contributed by atoms with Crippen LogP contribution in [0.25, 0.3) is 0 Å². The molecule has 21 heavy (non-hydrogen) atoms. The number of hydrogen-bond donors (Lipinski definition) is 1. The van der Waals surface area contributed by atoms with Crippen LogP contribution in [-0.4, -0.2) is 17.5 Å². The summed E-state index contributed by atoms with van der Waals surface area (Å²) in [6.07, 6.45) is 11.6. The van der Waals surface area contributed by atoms with Crippen molar-refractivity contribution in [2.24, 2.45) is 0 Å². The summed E-state index contributed by atoms with van der Waals surface area (Å²) in [5.41, 5.74) is 2.88. The monoisotopic (exact) mass is 305 g/mol. The SMILES string of the molecule is CCc1ccc(C(CC)NCC2(SC)CCCCC2)cc1. The standard InChI is InChI=1S/C19H31NS/c1-4-16-9-11-17(12-10-16)18(5-2)20-15-19(21-3)13-7-6-8-14-19/h9-12,18,20H,4-8,13-15H2,1-3H3. The van der Waals surface area contributed by atoms with E-state index in [2.05, 4.69) is 61.4 Å². The minimum absolute atomic E-state index is 0.481. The van der Waals surface area contributed by atoms with Crippen molar-refractivity contribution in [1.82, 2.24) is 5.32 Å². The van der Waals surface area contributed by atoms with Gasteiger partial charge in [-0.1, -0.05) is 57.4 Å². The number of rotatable bonds is 7. The highest BCUT2D eigenvalue weighted by molar-refractivity contribution is 8.00. The molecule has 1 aromatic carbocycles. The van der Waals surface area contributed by atoms with Crippen molar-refractivity contribution in [2.45, 2.75) is 69.6 Å². The fourth-order valence-corrected chi connectivity index (χ4v) is 4.37. The Labute approximate surface area is 135 Å². The molecule has 0 spiro atoms. The number of benzene rings is 1. The normalized spacial score (nSPS) is 19.4. The first-order chi connectivity index (χ1) is 10.2. The van der Waals surface area contributed by atoms with E-state index < -0.39 is 0 Å². The first-order valence-electron chi connectivity index (χ1n) is 8.60. The molecular weight excluding hydrogens is 274 g/mol. The molecule has 1 aliphatic rings. The zero-order valence-electron chi connectivity index (χ0n) is 14.0. The van der Waals surface area contributed by atoms with E-state index in [1.807, 2.05) is 0 Å². The summed E-state index contributed by atoms with van der Waals surface area (Å²) in [5, 5.41) is 3.86. The van der Waals surface area contributed by atoms with Gasteiger partial charge in [0, 0.05) is 17.3 Å². The van der Waals surface area contributed by atoms with Gasteiger partial charge < -0.3 is 5.32 Å². The first kappa shape index (κ1) is 16.9. The maximum Gasteiger partial charge on any atom is 0.0318 e. The molecule has 0 saturated heterocycles. The van der Waals surface area contributed by atoms with Crippen molar-refractivity contribution in [3.8, 4) is 0 Å². The zero-order chi connectivity index (χ0) is 15.1. The van der Waals surface area contributed by atoms with Crippen LogP contribution in [0.5, 0.6) is 0 Å². The van der Waals surface area contributed by atoms with Gasteiger partial charge in [0.1, 0.15) is 0 Å². The topological polar surface area (TPSA) is 12.0 Å². The first-order valence-corrected chi connectivity index (χ1v) is 9.83. The van der Waals surface area contributed by atoms with E-state index >= 15 is 0 Å². The highest BCUT2D eigenvalue weighted by Crippen LogP contribution is 2.38. The molecule has 1 unspecified atom stereocenters. The predicted octanol–water partition coefficient (Wildman–Crippen LogP) is 5.36. The lowest BCUT2D eigenvalue weighted by Gasteiger charge is -2.37. The molecule has 0 heterocycles. The molecule has 1 fully saturated rings. The van der Waals surface area contributed by atoms with Gasteiger partial charge in [0.15, 0.2) is 0 Å². The maximum absolute atomic E-state index is 3.86. The summed E-state index contributed by atoms with van der Waals surface area (Å²) in [6, 6.07) is 9.69. The minimum Gasteiger partial charge on any atom is -0.309 e. The molecule has 1 saturated carbocycles. The molecule has 0 amide bonds. The quantitative estimate of drug-likeness (QED) is 0.728. The van der Waals surface area contributed by atoms with Crippen LogP contribution in [0.1, 0.15) is 69.5 Å². The van der Waals surface area contributed by atoms with Gasteiger partial charge in [-0.15, -0.1) is 0 Å². The van der Waals surface area contributed by atoms with Gasteiger partial charge >= 0.3 is 0 Å². The fraction of sp³-hybridized carbons (Fsp3) is 0.684. The van der Waals surface area contributed by atoms with Crippen molar-refractivity contribution < 1.29 is 0 Å². The number of thioether (sulfide) groups is 1. The van der Waals surface area contributed by atoms with Crippen molar-refractivity contribution in [3.05, 3.63) is 35.4 Å². The van der Waals surface area contributed by atoms with E-state index in [1.165, 1.54) is 43.2 Å². The Balaban J connectivity index is 1.97. The smallest absolute Gasteiger partial charge is 0.0318 e. The van der Waals surface area contributed by atoms with Crippen molar-refractivity contribution in [2.75, 3.05) is 12.8 Å². The molecule has 0 radical (unpaired) electrons. The molecule has 0 aliphatic heterocycles. The molecule has 1 nitrogen and oxygen atoms in total. The lowest BCUT2D eigenvalue weighted by atomic mass is 9.87. The Bertz CT molecular complexity index is 406. The van der Waals surface area contributed by atoms with E-state index in [-0.39, 0.29) is 0 Å². The van der Waals surface area contributed by atoms with Gasteiger partial charge in [0.2, 0.25) is 0 Å². The average Bonchev–Trinajstić information content (AvgIpc) is 2.57. The number of aryl methyl sites for hydroxylation is 1. The third-order valence-corrected chi connectivity index (χ3v) is 6.49. The number of nitrogens with one attached hydrogen (secondary N) is 1. The van der Waals surface area contributed by atoms with Crippen LogP contribution in [0.2, 0.25) is 0 Å². The van der Waals surface area contributed by atoms with Gasteiger partial charge in [0.05, 0.1) is 0 Å². The molecule has 1 aliphatic carbocycles. The van der Waals surface area contributed by atoms with Crippen molar-refractivity contribution in [3.63, 3.8) is 0 Å². The Hall–Kier alpha value is -0.470. The molecule has 118 valence electrons. The van der Waals surface area contributed by atoms with Gasteiger partial charge in [-0.05, 0) is 43.1 Å².